The van der Waals surface area contributed by atoms with Crippen LogP contribution < -0.4 is 0 Å². The molecule has 1 heteroatoms. The lowest BCUT2D eigenvalue weighted by Crippen LogP contribution is -2.05. The Morgan fingerprint density at radius 2 is 1.93 bits per heavy atom. The number of fused-ring (bicyclic) bond motifs is 1. The van der Waals surface area contributed by atoms with Gasteiger partial charge in [-0.15, -0.1) is 0 Å². The molecule has 1 N–H and O–H groups in total. The second-order valence-corrected chi connectivity index (χ2v) is 4.32. The zero-order chi connectivity index (χ0) is 9.97. The van der Waals surface area contributed by atoms with Gasteiger partial charge in [-0.25, -0.2) is 0 Å². The van der Waals surface area contributed by atoms with Crippen molar-refractivity contribution in [2.24, 2.45) is 0 Å². The first-order chi connectivity index (χ1) is 6.81. The minimum absolute atomic E-state index is 0.249. The lowest BCUT2D eigenvalue weighted by atomic mass is 9.88. The van der Waals surface area contributed by atoms with Crippen molar-refractivity contribution in [2.75, 3.05) is 6.61 Å². The van der Waals surface area contributed by atoms with Gasteiger partial charge < -0.3 is 5.11 Å². The zero-order valence-corrected chi connectivity index (χ0v) is 8.79. The summed E-state index contributed by atoms with van der Waals surface area (Å²) < 4.78 is 0. The molecule has 1 aliphatic rings. The van der Waals surface area contributed by atoms with Crippen molar-refractivity contribution in [3.05, 3.63) is 34.9 Å². The van der Waals surface area contributed by atoms with Crippen LogP contribution in [0.15, 0.2) is 18.2 Å². The fraction of sp³-hybridized carbons (Fsp3) is 0.538. The molecule has 0 unspecified atom stereocenters. The maximum atomic E-state index is 9.09. The normalized spacial score (nSPS) is 17.6. The molecule has 0 bridgehead atoms. The standard InChI is InChI=1S/C13H18O/c1-10(9-14)12-7-6-11-4-2-3-5-13(11)8-12/h6-8,10,14H,2-5,9H2,1H3/t10-/m0/s1. The SMILES string of the molecule is C[C@@H](CO)c1ccc2c(c1)CCCC2. The molecule has 14 heavy (non-hydrogen) atoms. The highest BCUT2D eigenvalue weighted by Gasteiger charge is 2.11. The second-order valence-electron chi connectivity index (χ2n) is 4.32. The summed E-state index contributed by atoms with van der Waals surface area (Å²) in [5.74, 6) is 0.280. The van der Waals surface area contributed by atoms with Crippen LogP contribution in [0.2, 0.25) is 0 Å². The molecule has 0 saturated carbocycles. The first-order valence-corrected chi connectivity index (χ1v) is 5.54. The molecule has 1 atom stereocenters. The Morgan fingerprint density at radius 1 is 1.21 bits per heavy atom. The summed E-state index contributed by atoms with van der Waals surface area (Å²) in [6.45, 7) is 2.32. The van der Waals surface area contributed by atoms with Crippen LogP contribution in [0.1, 0.15) is 42.4 Å². The molecule has 1 aromatic carbocycles. The van der Waals surface area contributed by atoms with Gasteiger partial charge in [0, 0.05) is 12.5 Å². The average Bonchev–Trinajstić information content (AvgIpc) is 2.27. The van der Waals surface area contributed by atoms with Crippen molar-refractivity contribution < 1.29 is 5.11 Å². The van der Waals surface area contributed by atoms with E-state index in [0.29, 0.717) is 0 Å². The highest BCUT2D eigenvalue weighted by molar-refractivity contribution is 5.35. The number of aliphatic hydroxyl groups excluding tert-OH is 1. The lowest BCUT2D eigenvalue weighted by Gasteiger charge is -2.18. The van der Waals surface area contributed by atoms with Crippen LogP contribution >= 0.6 is 0 Å². The van der Waals surface area contributed by atoms with Crippen LogP contribution in [0, 0.1) is 0 Å². The molecule has 0 fully saturated rings. The number of rotatable bonds is 2. The summed E-state index contributed by atoms with van der Waals surface area (Å²) in [5, 5.41) is 9.09. The van der Waals surface area contributed by atoms with Crippen molar-refractivity contribution in [1.29, 1.82) is 0 Å². The summed E-state index contributed by atoms with van der Waals surface area (Å²) in [6, 6.07) is 6.70. The van der Waals surface area contributed by atoms with Crippen molar-refractivity contribution in [1.82, 2.24) is 0 Å². The van der Waals surface area contributed by atoms with Crippen molar-refractivity contribution in [3.63, 3.8) is 0 Å². The van der Waals surface area contributed by atoms with Crippen LogP contribution in [-0.4, -0.2) is 11.7 Å². The van der Waals surface area contributed by atoms with Gasteiger partial charge in [-0.2, -0.15) is 0 Å². The van der Waals surface area contributed by atoms with Crippen molar-refractivity contribution in [3.8, 4) is 0 Å². The molecular weight excluding hydrogens is 172 g/mol. The first-order valence-electron chi connectivity index (χ1n) is 5.54. The predicted molar refractivity (Wildman–Crippen MR) is 58.6 cm³/mol. The molecule has 1 aliphatic carbocycles. The molecule has 0 amide bonds. The van der Waals surface area contributed by atoms with Gasteiger partial charge in [-0.05, 0) is 42.4 Å². The van der Waals surface area contributed by atoms with Gasteiger partial charge in [0.25, 0.3) is 0 Å². The number of aliphatic hydroxyl groups is 1. The lowest BCUT2D eigenvalue weighted by molar-refractivity contribution is 0.273. The monoisotopic (exact) mass is 190 g/mol. The first kappa shape index (κ1) is 9.72. The molecule has 0 heterocycles. The van der Waals surface area contributed by atoms with Gasteiger partial charge in [0.2, 0.25) is 0 Å². The van der Waals surface area contributed by atoms with Crippen LogP contribution in [0.25, 0.3) is 0 Å². The molecule has 0 saturated heterocycles. The van der Waals surface area contributed by atoms with Crippen molar-refractivity contribution >= 4 is 0 Å². The third kappa shape index (κ3) is 1.83. The Bertz CT molecular complexity index is 317. The molecule has 0 aromatic heterocycles. The third-order valence-corrected chi connectivity index (χ3v) is 3.22. The molecule has 1 nitrogen and oxygen atoms in total. The highest BCUT2D eigenvalue weighted by Crippen LogP contribution is 2.25. The van der Waals surface area contributed by atoms with E-state index in [0.717, 1.165) is 0 Å². The fourth-order valence-corrected chi connectivity index (χ4v) is 2.17. The van der Waals surface area contributed by atoms with Gasteiger partial charge in [-0.1, -0.05) is 25.1 Å². The summed E-state index contributed by atoms with van der Waals surface area (Å²) in [4.78, 5) is 0. The Balaban J connectivity index is 2.29. The number of hydrogen-bond acceptors (Lipinski definition) is 1. The number of hydrogen-bond donors (Lipinski definition) is 1. The van der Waals surface area contributed by atoms with E-state index in [1.807, 2.05) is 0 Å². The predicted octanol–water partition coefficient (Wildman–Crippen LogP) is 2.66. The summed E-state index contributed by atoms with van der Waals surface area (Å²) in [6.07, 6.45) is 5.12. The molecular formula is C13H18O. The van der Waals surface area contributed by atoms with Gasteiger partial charge in [0.1, 0.15) is 0 Å². The second kappa shape index (κ2) is 4.14. The largest absolute Gasteiger partial charge is 0.396 e. The van der Waals surface area contributed by atoms with E-state index in [-0.39, 0.29) is 12.5 Å². The summed E-state index contributed by atoms with van der Waals surface area (Å²) in [5.41, 5.74) is 4.31. The molecule has 1 aromatic rings. The van der Waals surface area contributed by atoms with Gasteiger partial charge in [0.15, 0.2) is 0 Å². The van der Waals surface area contributed by atoms with Gasteiger partial charge >= 0.3 is 0 Å². The van der Waals surface area contributed by atoms with Gasteiger partial charge in [-0.3, -0.25) is 0 Å². The van der Waals surface area contributed by atoms with E-state index in [4.69, 9.17) is 5.11 Å². The Morgan fingerprint density at radius 3 is 2.64 bits per heavy atom. The highest BCUT2D eigenvalue weighted by atomic mass is 16.3. The molecule has 2 rings (SSSR count). The summed E-state index contributed by atoms with van der Waals surface area (Å²) in [7, 11) is 0. The Labute approximate surface area is 85.8 Å². The maximum Gasteiger partial charge on any atom is 0.0497 e. The van der Waals surface area contributed by atoms with Crippen LogP contribution in [0.4, 0.5) is 0 Å². The minimum atomic E-state index is 0.249. The topological polar surface area (TPSA) is 20.2 Å². The molecule has 0 aliphatic heterocycles. The van der Waals surface area contributed by atoms with E-state index in [9.17, 15) is 0 Å². The average molecular weight is 190 g/mol. The molecule has 0 radical (unpaired) electrons. The number of benzene rings is 1. The van der Waals surface area contributed by atoms with Crippen LogP contribution in [0.3, 0.4) is 0 Å². The molecule has 76 valence electrons. The number of aryl methyl sites for hydroxylation is 2. The fourth-order valence-electron chi connectivity index (χ4n) is 2.17. The molecule has 0 spiro atoms. The third-order valence-electron chi connectivity index (χ3n) is 3.22. The van der Waals surface area contributed by atoms with E-state index in [1.54, 1.807) is 0 Å². The van der Waals surface area contributed by atoms with E-state index in [2.05, 4.69) is 25.1 Å². The smallest absolute Gasteiger partial charge is 0.0497 e. The van der Waals surface area contributed by atoms with E-state index in [1.165, 1.54) is 42.4 Å². The quantitative estimate of drug-likeness (QED) is 0.760. The Kier molecular flexibility index (Phi) is 2.87. The van der Waals surface area contributed by atoms with Crippen LogP contribution in [-0.2, 0) is 12.8 Å². The van der Waals surface area contributed by atoms with Crippen LogP contribution in [0.5, 0.6) is 0 Å². The Hall–Kier alpha value is -0.820. The van der Waals surface area contributed by atoms with Gasteiger partial charge in [0.05, 0.1) is 0 Å². The van der Waals surface area contributed by atoms with Crippen molar-refractivity contribution in [2.45, 2.75) is 38.5 Å². The maximum absolute atomic E-state index is 9.09. The van der Waals surface area contributed by atoms with E-state index >= 15 is 0 Å². The zero-order valence-electron chi connectivity index (χ0n) is 8.79. The minimum Gasteiger partial charge on any atom is -0.396 e. The summed E-state index contributed by atoms with van der Waals surface area (Å²) >= 11 is 0. The van der Waals surface area contributed by atoms with E-state index < -0.39 is 0 Å².